The molecule has 0 saturated heterocycles. The van der Waals surface area contributed by atoms with Crippen LogP contribution in [0.15, 0.2) is 12.3 Å². The van der Waals surface area contributed by atoms with Gasteiger partial charge in [-0.15, -0.1) is 0 Å². The molecule has 0 spiro atoms. The third-order valence-electron chi connectivity index (χ3n) is 3.21. The zero-order valence-corrected chi connectivity index (χ0v) is 11.7. The van der Waals surface area contributed by atoms with Crippen molar-refractivity contribution in [2.75, 3.05) is 0 Å². The molecule has 2 rings (SSSR count). The Balaban J connectivity index is 2.14. The van der Waals surface area contributed by atoms with E-state index in [1.807, 2.05) is 20.8 Å². The van der Waals surface area contributed by atoms with Crippen LogP contribution in [0.1, 0.15) is 57.2 Å². The molecule has 0 aliphatic heterocycles. The molecule has 1 heterocycles. The summed E-state index contributed by atoms with van der Waals surface area (Å²) in [5.74, 6) is -0.361. The average molecular weight is 265 g/mol. The van der Waals surface area contributed by atoms with Crippen LogP contribution in [0.5, 0.6) is 0 Å². The molecule has 3 nitrogen and oxygen atoms in total. The number of hydrogen-bond acceptors (Lipinski definition) is 3. The summed E-state index contributed by atoms with van der Waals surface area (Å²) >= 11 is 0. The normalized spacial score (nSPS) is 16.0. The van der Waals surface area contributed by atoms with Gasteiger partial charge in [0.25, 0.3) is 0 Å². The van der Waals surface area contributed by atoms with E-state index in [1.165, 1.54) is 18.7 Å². The number of esters is 1. The minimum absolute atomic E-state index is 0.0911. The van der Waals surface area contributed by atoms with Crippen LogP contribution in [0.4, 0.5) is 4.39 Å². The summed E-state index contributed by atoms with van der Waals surface area (Å²) in [6.07, 6.45) is 4.63. The highest BCUT2D eigenvalue weighted by Gasteiger charge is 2.25. The van der Waals surface area contributed by atoms with Gasteiger partial charge in [0.2, 0.25) is 0 Å². The number of carbonyl (C=O) groups excluding carboxylic acids is 1. The Kier molecular flexibility index (Phi) is 3.88. The van der Waals surface area contributed by atoms with Crippen molar-refractivity contribution in [3.05, 3.63) is 29.3 Å². The first-order valence-electron chi connectivity index (χ1n) is 6.71. The fraction of sp³-hybridized carbons (Fsp3) is 0.600. The third-order valence-corrected chi connectivity index (χ3v) is 3.21. The van der Waals surface area contributed by atoms with Crippen LogP contribution in [-0.4, -0.2) is 16.6 Å². The molecule has 1 aromatic heterocycles. The van der Waals surface area contributed by atoms with Gasteiger partial charge in [-0.05, 0) is 45.2 Å². The maximum Gasteiger partial charge on any atom is 0.310 e. The van der Waals surface area contributed by atoms with E-state index in [9.17, 15) is 9.18 Å². The second kappa shape index (κ2) is 5.27. The molecule has 1 fully saturated rings. The molecule has 104 valence electrons. The second-order valence-corrected chi connectivity index (χ2v) is 6.09. The summed E-state index contributed by atoms with van der Waals surface area (Å²) in [7, 11) is 0. The lowest BCUT2D eigenvalue weighted by Gasteiger charge is -2.27. The van der Waals surface area contributed by atoms with Gasteiger partial charge in [-0.25, -0.2) is 4.39 Å². The molecular formula is C15H20FNO2. The van der Waals surface area contributed by atoms with Crippen molar-refractivity contribution in [2.45, 2.75) is 58.0 Å². The predicted molar refractivity (Wildman–Crippen MR) is 70.3 cm³/mol. The second-order valence-electron chi connectivity index (χ2n) is 6.09. The molecule has 1 aromatic rings. The van der Waals surface area contributed by atoms with E-state index < -0.39 is 11.4 Å². The zero-order valence-electron chi connectivity index (χ0n) is 11.7. The van der Waals surface area contributed by atoms with Crippen LogP contribution < -0.4 is 0 Å². The largest absolute Gasteiger partial charge is 0.460 e. The molecule has 0 aromatic carbocycles. The monoisotopic (exact) mass is 265 g/mol. The summed E-state index contributed by atoms with van der Waals surface area (Å²) in [6, 6.07) is 1.41. The Morgan fingerprint density at radius 3 is 2.68 bits per heavy atom. The van der Waals surface area contributed by atoms with Gasteiger partial charge in [-0.3, -0.25) is 9.78 Å². The molecule has 19 heavy (non-hydrogen) atoms. The van der Waals surface area contributed by atoms with E-state index >= 15 is 0 Å². The van der Waals surface area contributed by atoms with Gasteiger partial charge >= 0.3 is 5.97 Å². The molecule has 0 atom stereocenters. The number of rotatable bonds is 3. The maximum absolute atomic E-state index is 13.3. The molecule has 4 heteroatoms. The minimum Gasteiger partial charge on any atom is -0.460 e. The van der Waals surface area contributed by atoms with Crippen molar-refractivity contribution < 1.29 is 13.9 Å². The highest BCUT2D eigenvalue weighted by Crippen LogP contribution is 2.37. The molecule has 1 aliphatic rings. The van der Waals surface area contributed by atoms with E-state index in [-0.39, 0.29) is 12.4 Å². The molecule has 1 aliphatic carbocycles. The zero-order chi connectivity index (χ0) is 14.0. The third kappa shape index (κ3) is 3.75. The van der Waals surface area contributed by atoms with Crippen LogP contribution in [0.2, 0.25) is 0 Å². The van der Waals surface area contributed by atoms with Crippen LogP contribution in [0.25, 0.3) is 0 Å². The number of nitrogens with zero attached hydrogens (tertiary/aromatic N) is 1. The first-order valence-corrected chi connectivity index (χ1v) is 6.71. The lowest BCUT2D eigenvalue weighted by Crippen LogP contribution is -2.25. The molecular weight excluding hydrogens is 245 g/mol. The number of halogens is 1. The van der Waals surface area contributed by atoms with Crippen LogP contribution in [0.3, 0.4) is 0 Å². The number of ether oxygens (including phenoxy) is 1. The van der Waals surface area contributed by atoms with E-state index in [0.717, 1.165) is 18.5 Å². The predicted octanol–water partition coefficient (Wildman–Crippen LogP) is 3.37. The topological polar surface area (TPSA) is 39.2 Å². The van der Waals surface area contributed by atoms with Crippen molar-refractivity contribution in [3.63, 3.8) is 0 Å². The molecule has 0 N–H and O–H groups in total. The van der Waals surface area contributed by atoms with E-state index in [4.69, 9.17) is 4.74 Å². The van der Waals surface area contributed by atoms with Gasteiger partial charge in [0, 0.05) is 11.6 Å². The van der Waals surface area contributed by atoms with Crippen molar-refractivity contribution in [1.82, 2.24) is 4.98 Å². The lowest BCUT2D eigenvalue weighted by molar-refractivity contribution is -0.153. The summed E-state index contributed by atoms with van der Waals surface area (Å²) in [4.78, 5) is 16.0. The summed E-state index contributed by atoms with van der Waals surface area (Å²) in [5, 5.41) is 0. The van der Waals surface area contributed by atoms with E-state index in [1.54, 1.807) is 0 Å². The van der Waals surface area contributed by atoms with Gasteiger partial charge in [0.15, 0.2) is 0 Å². The van der Waals surface area contributed by atoms with E-state index in [0.29, 0.717) is 11.5 Å². The molecule has 0 bridgehead atoms. The molecule has 1 saturated carbocycles. The van der Waals surface area contributed by atoms with E-state index in [2.05, 4.69) is 4.98 Å². The first-order chi connectivity index (χ1) is 8.85. The molecule has 0 amide bonds. The quantitative estimate of drug-likeness (QED) is 0.786. The Bertz CT molecular complexity index is 476. The SMILES string of the molecule is CC(C)(C)OC(=O)Cc1cc(F)cnc1C1CCC1. The van der Waals surface area contributed by atoms with Crippen molar-refractivity contribution in [2.24, 2.45) is 0 Å². The lowest BCUT2D eigenvalue weighted by atomic mass is 9.80. The Morgan fingerprint density at radius 1 is 1.47 bits per heavy atom. The first kappa shape index (κ1) is 14.0. The standard InChI is InChI=1S/C15H20FNO2/c1-15(2,3)19-13(18)8-11-7-12(16)9-17-14(11)10-5-4-6-10/h7,9-10H,4-6,8H2,1-3H3. The van der Waals surface area contributed by atoms with Crippen molar-refractivity contribution >= 4 is 5.97 Å². The summed E-state index contributed by atoms with van der Waals surface area (Å²) in [6.45, 7) is 5.46. The maximum atomic E-state index is 13.3. The number of hydrogen-bond donors (Lipinski definition) is 0. The Morgan fingerprint density at radius 2 is 2.16 bits per heavy atom. The molecule has 0 radical (unpaired) electrons. The number of carbonyl (C=O) groups is 1. The van der Waals surface area contributed by atoms with Gasteiger partial charge in [0.05, 0.1) is 12.6 Å². The van der Waals surface area contributed by atoms with Crippen molar-refractivity contribution in [1.29, 1.82) is 0 Å². The number of aromatic nitrogens is 1. The highest BCUT2D eigenvalue weighted by atomic mass is 19.1. The van der Waals surface area contributed by atoms with Crippen LogP contribution >= 0.6 is 0 Å². The van der Waals surface area contributed by atoms with Crippen LogP contribution in [-0.2, 0) is 16.0 Å². The van der Waals surface area contributed by atoms with Gasteiger partial charge in [0.1, 0.15) is 11.4 Å². The Labute approximate surface area is 113 Å². The Hall–Kier alpha value is -1.45. The fourth-order valence-electron chi connectivity index (χ4n) is 2.22. The van der Waals surface area contributed by atoms with Gasteiger partial charge < -0.3 is 4.74 Å². The average Bonchev–Trinajstić information content (AvgIpc) is 2.16. The fourth-order valence-corrected chi connectivity index (χ4v) is 2.22. The number of pyridine rings is 1. The summed E-state index contributed by atoms with van der Waals surface area (Å²) < 4.78 is 18.6. The van der Waals surface area contributed by atoms with Crippen molar-refractivity contribution in [3.8, 4) is 0 Å². The van der Waals surface area contributed by atoms with Crippen LogP contribution in [0, 0.1) is 5.82 Å². The highest BCUT2D eigenvalue weighted by molar-refractivity contribution is 5.73. The summed E-state index contributed by atoms with van der Waals surface area (Å²) in [5.41, 5.74) is 1.01. The molecule has 0 unspecified atom stereocenters. The smallest absolute Gasteiger partial charge is 0.310 e. The van der Waals surface area contributed by atoms with Gasteiger partial charge in [-0.2, -0.15) is 0 Å². The van der Waals surface area contributed by atoms with Gasteiger partial charge in [-0.1, -0.05) is 6.42 Å². The minimum atomic E-state index is -0.519.